The van der Waals surface area contributed by atoms with Gasteiger partial charge in [0.2, 0.25) is 10.0 Å². The van der Waals surface area contributed by atoms with E-state index in [2.05, 4.69) is 15.4 Å². The third kappa shape index (κ3) is 10.9. The van der Waals surface area contributed by atoms with Crippen LogP contribution in [0.5, 0.6) is 0 Å². The van der Waals surface area contributed by atoms with Crippen molar-refractivity contribution in [2.24, 2.45) is 5.73 Å². The lowest BCUT2D eigenvalue weighted by Gasteiger charge is -2.08. The first-order chi connectivity index (χ1) is 12.6. The first kappa shape index (κ1) is 23.0. The van der Waals surface area contributed by atoms with Crippen LogP contribution in [0, 0.1) is 6.92 Å². The number of nitrogens with two attached hydrogens (primary N) is 1. The largest absolute Gasteiger partial charge is 0.330 e. The van der Waals surface area contributed by atoms with Crippen LogP contribution in [-0.4, -0.2) is 47.7 Å². The fourth-order valence-corrected chi connectivity index (χ4v) is 3.60. The first-order valence-electron chi connectivity index (χ1n) is 9.74. The molecule has 0 amide bonds. The van der Waals surface area contributed by atoms with Crippen LogP contribution >= 0.6 is 0 Å². The highest BCUT2D eigenvalue weighted by Gasteiger charge is 2.12. The van der Waals surface area contributed by atoms with E-state index < -0.39 is 10.0 Å². The Morgan fingerprint density at radius 3 is 1.73 bits per heavy atom. The minimum Gasteiger partial charge on any atom is -0.330 e. The predicted molar refractivity (Wildman–Crippen MR) is 109 cm³/mol. The average Bonchev–Trinajstić information content (AvgIpc) is 2.62. The Hall–Kier alpha value is -0.990. The van der Waals surface area contributed by atoms with E-state index in [9.17, 15) is 8.42 Å². The number of hydrogen-bond acceptors (Lipinski definition) is 5. The molecule has 26 heavy (non-hydrogen) atoms. The van der Waals surface area contributed by atoms with Crippen molar-refractivity contribution in [1.82, 2.24) is 15.4 Å². The zero-order valence-electron chi connectivity index (χ0n) is 16.1. The maximum Gasteiger partial charge on any atom is 0.240 e. The third-order valence-electron chi connectivity index (χ3n) is 4.17. The van der Waals surface area contributed by atoms with Crippen molar-refractivity contribution < 1.29 is 8.42 Å². The SMILES string of the molecule is Cc1ccc(S(=O)(=O)NCCCCNCCCCNCCCCN)cc1. The number of rotatable bonds is 16. The van der Waals surface area contributed by atoms with Crippen molar-refractivity contribution in [2.75, 3.05) is 39.3 Å². The molecule has 6 nitrogen and oxygen atoms in total. The Kier molecular flexibility index (Phi) is 12.5. The molecule has 0 spiro atoms. The van der Waals surface area contributed by atoms with Gasteiger partial charge < -0.3 is 16.4 Å². The van der Waals surface area contributed by atoms with E-state index in [1.807, 2.05) is 19.1 Å². The van der Waals surface area contributed by atoms with Gasteiger partial charge in [-0.1, -0.05) is 17.7 Å². The molecule has 0 aromatic heterocycles. The fourth-order valence-electron chi connectivity index (χ4n) is 2.53. The summed E-state index contributed by atoms with van der Waals surface area (Å²) in [5.41, 5.74) is 6.50. The van der Waals surface area contributed by atoms with E-state index in [1.165, 1.54) is 6.42 Å². The second-order valence-corrected chi connectivity index (χ2v) is 8.39. The van der Waals surface area contributed by atoms with E-state index in [4.69, 9.17) is 5.73 Å². The molecule has 0 aliphatic carbocycles. The van der Waals surface area contributed by atoms with E-state index >= 15 is 0 Å². The molecule has 0 unspecified atom stereocenters. The number of unbranched alkanes of at least 4 members (excludes halogenated alkanes) is 3. The Balaban J connectivity index is 1.94. The van der Waals surface area contributed by atoms with Crippen LogP contribution in [0.2, 0.25) is 0 Å². The average molecular weight is 385 g/mol. The number of hydrogen-bond donors (Lipinski definition) is 4. The molecular weight excluding hydrogens is 348 g/mol. The van der Waals surface area contributed by atoms with Crippen molar-refractivity contribution in [3.8, 4) is 0 Å². The molecule has 1 rings (SSSR count). The zero-order chi connectivity index (χ0) is 19.1. The van der Waals surface area contributed by atoms with Crippen LogP contribution in [-0.2, 0) is 10.0 Å². The highest BCUT2D eigenvalue weighted by atomic mass is 32.2. The molecule has 5 N–H and O–H groups in total. The molecule has 0 saturated carbocycles. The van der Waals surface area contributed by atoms with Gasteiger partial charge in [-0.3, -0.25) is 0 Å². The minimum absolute atomic E-state index is 0.331. The Morgan fingerprint density at radius 2 is 1.23 bits per heavy atom. The molecule has 0 bridgehead atoms. The number of nitrogens with one attached hydrogen (secondary N) is 3. The second-order valence-electron chi connectivity index (χ2n) is 6.62. The molecule has 0 fully saturated rings. The minimum atomic E-state index is -3.38. The normalized spacial score (nSPS) is 11.8. The molecule has 0 atom stereocenters. The van der Waals surface area contributed by atoms with Crippen molar-refractivity contribution in [3.05, 3.63) is 29.8 Å². The lowest BCUT2D eigenvalue weighted by molar-refractivity contribution is 0.551. The van der Waals surface area contributed by atoms with Crippen LogP contribution in [0.15, 0.2) is 29.2 Å². The lowest BCUT2D eigenvalue weighted by atomic mass is 10.2. The summed E-state index contributed by atoms with van der Waals surface area (Å²) in [6.07, 6.45) is 6.38. The summed E-state index contributed by atoms with van der Waals surface area (Å²) in [6.45, 7) is 7.26. The molecular formula is C19H36N4O2S. The summed E-state index contributed by atoms with van der Waals surface area (Å²) in [4.78, 5) is 0.331. The van der Waals surface area contributed by atoms with Gasteiger partial charge in [-0.2, -0.15) is 0 Å². The van der Waals surface area contributed by atoms with Crippen LogP contribution in [0.4, 0.5) is 0 Å². The standard InChI is InChI=1S/C19H36N4O2S/c1-18-8-10-19(11-9-18)26(24,25)23-17-7-6-16-22-15-5-4-14-21-13-3-2-12-20/h8-11,21-23H,2-7,12-17,20H2,1H3. The van der Waals surface area contributed by atoms with Gasteiger partial charge in [0, 0.05) is 6.54 Å². The van der Waals surface area contributed by atoms with Gasteiger partial charge >= 0.3 is 0 Å². The Labute approximate surface area is 159 Å². The van der Waals surface area contributed by atoms with Crippen molar-refractivity contribution >= 4 is 10.0 Å². The van der Waals surface area contributed by atoms with Gasteiger partial charge in [0.15, 0.2) is 0 Å². The maximum atomic E-state index is 12.1. The van der Waals surface area contributed by atoms with Crippen molar-refractivity contribution in [1.29, 1.82) is 0 Å². The van der Waals surface area contributed by atoms with Crippen molar-refractivity contribution in [3.63, 3.8) is 0 Å². The number of sulfonamides is 1. The summed E-state index contributed by atoms with van der Waals surface area (Å²) in [6, 6.07) is 6.92. The second kappa shape index (κ2) is 14.1. The van der Waals surface area contributed by atoms with Gasteiger partial charge in [-0.25, -0.2) is 13.1 Å². The van der Waals surface area contributed by atoms with Crippen LogP contribution < -0.4 is 21.1 Å². The van der Waals surface area contributed by atoms with Crippen molar-refractivity contribution in [2.45, 2.75) is 50.3 Å². The molecule has 0 saturated heterocycles. The van der Waals surface area contributed by atoms with Gasteiger partial charge in [0.25, 0.3) is 0 Å². The highest BCUT2D eigenvalue weighted by Crippen LogP contribution is 2.09. The van der Waals surface area contributed by atoms with Gasteiger partial charge in [0.1, 0.15) is 0 Å². The van der Waals surface area contributed by atoms with Gasteiger partial charge in [-0.05, 0) is 90.3 Å². The molecule has 0 radical (unpaired) electrons. The van der Waals surface area contributed by atoms with Gasteiger partial charge in [-0.15, -0.1) is 0 Å². The van der Waals surface area contributed by atoms with Crippen LogP contribution in [0.1, 0.15) is 44.1 Å². The van der Waals surface area contributed by atoms with Crippen LogP contribution in [0.25, 0.3) is 0 Å². The predicted octanol–water partition coefficient (Wildman–Crippen LogP) is 1.75. The zero-order valence-corrected chi connectivity index (χ0v) is 16.9. The Bertz CT molecular complexity index is 561. The first-order valence-corrected chi connectivity index (χ1v) is 11.2. The summed E-state index contributed by atoms with van der Waals surface area (Å²) >= 11 is 0. The molecule has 0 aliphatic rings. The Morgan fingerprint density at radius 1 is 0.769 bits per heavy atom. The third-order valence-corrected chi connectivity index (χ3v) is 5.65. The smallest absolute Gasteiger partial charge is 0.240 e. The lowest BCUT2D eigenvalue weighted by Crippen LogP contribution is -2.26. The molecule has 150 valence electrons. The number of aryl methyl sites for hydroxylation is 1. The number of benzene rings is 1. The van der Waals surface area contributed by atoms with Gasteiger partial charge in [0.05, 0.1) is 4.90 Å². The molecule has 0 aliphatic heterocycles. The summed E-state index contributed by atoms with van der Waals surface area (Å²) in [5, 5.41) is 6.83. The monoisotopic (exact) mass is 384 g/mol. The highest BCUT2D eigenvalue weighted by molar-refractivity contribution is 7.89. The topological polar surface area (TPSA) is 96.2 Å². The summed E-state index contributed by atoms with van der Waals surface area (Å²) in [5.74, 6) is 0. The van der Waals surface area contributed by atoms with E-state index in [1.54, 1.807) is 12.1 Å². The van der Waals surface area contributed by atoms with E-state index in [0.29, 0.717) is 11.4 Å². The van der Waals surface area contributed by atoms with Crippen LogP contribution in [0.3, 0.4) is 0 Å². The summed E-state index contributed by atoms with van der Waals surface area (Å²) < 4.78 is 26.9. The molecule has 1 aromatic carbocycles. The van der Waals surface area contributed by atoms with E-state index in [0.717, 1.165) is 70.4 Å². The summed E-state index contributed by atoms with van der Waals surface area (Å²) in [7, 11) is -3.38. The van der Waals surface area contributed by atoms with E-state index in [-0.39, 0.29) is 0 Å². The molecule has 1 aromatic rings. The molecule has 0 heterocycles. The fraction of sp³-hybridized carbons (Fsp3) is 0.684. The quantitative estimate of drug-likeness (QED) is 0.326. The molecule has 7 heteroatoms. The maximum absolute atomic E-state index is 12.1.